The van der Waals surface area contributed by atoms with E-state index in [4.69, 9.17) is 4.74 Å². The Hall–Kier alpha value is -2.43. The molecule has 1 amide bonds. The fourth-order valence-electron chi connectivity index (χ4n) is 3.92. The van der Waals surface area contributed by atoms with Crippen molar-refractivity contribution in [2.24, 2.45) is 0 Å². The van der Waals surface area contributed by atoms with Crippen LogP contribution in [0.5, 0.6) is 5.88 Å². The van der Waals surface area contributed by atoms with Crippen molar-refractivity contribution >= 4 is 11.6 Å². The van der Waals surface area contributed by atoms with Gasteiger partial charge in [-0.1, -0.05) is 44.7 Å². The number of ether oxygens (including phenoxy) is 1. The molecule has 4 nitrogen and oxygen atoms in total. The fraction of sp³-hybridized carbons (Fsp3) is 0.478. The van der Waals surface area contributed by atoms with E-state index in [9.17, 15) is 9.18 Å². The summed E-state index contributed by atoms with van der Waals surface area (Å²) in [5, 5.41) is 3.05. The van der Waals surface area contributed by atoms with E-state index in [1.54, 1.807) is 18.3 Å². The molecule has 0 radical (unpaired) electrons. The van der Waals surface area contributed by atoms with Gasteiger partial charge in [0.1, 0.15) is 5.82 Å². The number of amides is 1. The molecule has 1 N–H and O–H groups in total. The van der Waals surface area contributed by atoms with Crippen LogP contribution >= 0.6 is 0 Å². The Morgan fingerprint density at radius 2 is 1.93 bits per heavy atom. The monoisotopic (exact) mass is 384 g/mol. The second-order valence-electron chi connectivity index (χ2n) is 7.65. The lowest BCUT2D eigenvalue weighted by Gasteiger charge is -2.36. The van der Waals surface area contributed by atoms with Crippen LogP contribution in [0.1, 0.15) is 63.0 Å². The molecule has 1 aromatic heterocycles. The number of hydrogen-bond acceptors (Lipinski definition) is 3. The maximum atomic E-state index is 13.4. The number of halogens is 1. The number of carbonyl (C=O) groups is 1. The summed E-state index contributed by atoms with van der Waals surface area (Å²) in [6.45, 7) is 4.69. The molecule has 150 valence electrons. The van der Waals surface area contributed by atoms with Crippen LogP contribution in [0, 0.1) is 12.7 Å². The van der Waals surface area contributed by atoms with Crippen LogP contribution in [0.3, 0.4) is 0 Å². The third-order valence-electron chi connectivity index (χ3n) is 5.56. The second-order valence-corrected chi connectivity index (χ2v) is 7.65. The number of nitrogens with zero attached hydrogens (tertiary/aromatic N) is 1. The van der Waals surface area contributed by atoms with Crippen molar-refractivity contribution in [3.8, 4) is 5.88 Å². The summed E-state index contributed by atoms with van der Waals surface area (Å²) in [7, 11) is 0. The molecule has 1 aliphatic carbocycles. The molecule has 0 spiro atoms. The summed E-state index contributed by atoms with van der Waals surface area (Å²) in [5.74, 6) is 0.283. The molecule has 2 aromatic rings. The van der Waals surface area contributed by atoms with E-state index in [-0.39, 0.29) is 11.7 Å². The number of benzene rings is 1. The lowest BCUT2D eigenvalue weighted by Crippen LogP contribution is -2.42. The average molecular weight is 384 g/mol. The lowest BCUT2D eigenvalue weighted by atomic mass is 9.68. The second kappa shape index (κ2) is 9.18. The van der Waals surface area contributed by atoms with Crippen LogP contribution in [0.2, 0.25) is 0 Å². The predicted molar refractivity (Wildman–Crippen MR) is 109 cm³/mol. The number of aryl methyl sites for hydroxylation is 1. The van der Waals surface area contributed by atoms with Gasteiger partial charge in [-0.15, -0.1) is 0 Å². The average Bonchev–Trinajstić information content (AvgIpc) is 2.71. The highest BCUT2D eigenvalue weighted by molar-refractivity contribution is 5.99. The zero-order valence-electron chi connectivity index (χ0n) is 16.8. The van der Waals surface area contributed by atoms with Crippen LogP contribution in [0.15, 0.2) is 36.5 Å². The Morgan fingerprint density at radius 3 is 2.57 bits per heavy atom. The van der Waals surface area contributed by atoms with Crippen LogP contribution in [0.4, 0.5) is 10.1 Å². The zero-order valence-corrected chi connectivity index (χ0v) is 16.8. The van der Waals surface area contributed by atoms with Crippen LogP contribution in [-0.4, -0.2) is 17.5 Å². The number of pyridine rings is 1. The van der Waals surface area contributed by atoms with Crippen LogP contribution in [-0.2, 0) is 10.2 Å². The van der Waals surface area contributed by atoms with Crippen molar-refractivity contribution in [1.29, 1.82) is 0 Å². The molecule has 0 atom stereocenters. The Balaban J connectivity index is 1.79. The van der Waals surface area contributed by atoms with Gasteiger partial charge in [0, 0.05) is 5.56 Å². The van der Waals surface area contributed by atoms with Crippen molar-refractivity contribution in [2.75, 3.05) is 11.9 Å². The quantitative estimate of drug-likeness (QED) is 0.637. The molecule has 1 aromatic carbocycles. The molecule has 0 aliphatic heterocycles. The number of aromatic nitrogens is 1. The van der Waals surface area contributed by atoms with Gasteiger partial charge < -0.3 is 10.1 Å². The highest BCUT2D eigenvalue weighted by atomic mass is 19.1. The van der Waals surface area contributed by atoms with Crippen molar-refractivity contribution in [3.63, 3.8) is 0 Å². The van der Waals surface area contributed by atoms with Gasteiger partial charge in [-0.05, 0) is 49.9 Å². The number of anilines is 1. The first-order valence-corrected chi connectivity index (χ1v) is 10.2. The number of rotatable bonds is 7. The molecule has 1 heterocycles. The number of hydrogen-bond donors (Lipinski definition) is 1. The van der Waals surface area contributed by atoms with Gasteiger partial charge >= 0.3 is 0 Å². The Morgan fingerprint density at radius 1 is 1.21 bits per heavy atom. The summed E-state index contributed by atoms with van der Waals surface area (Å²) in [6.07, 6.45) is 8.36. The summed E-state index contributed by atoms with van der Waals surface area (Å²) in [4.78, 5) is 17.7. The zero-order chi connectivity index (χ0) is 20.0. The molecule has 1 saturated carbocycles. The van der Waals surface area contributed by atoms with Crippen molar-refractivity contribution in [3.05, 3.63) is 53.5 Å². The molecule has 1 fully saturated rings. The lowest BCUT2D eigenvalue weighted by molar-refractivity contribution is -0.122. The summed E-state index contributed by atoms with van der Waals surface area (Å²) < 4.78 is 19.1. The van der Waals surface area contributed by atoms with Crippen LogP contribution in [0.25, 0.3) is 0 Å². The highest BCUT2D eigenvalue weighted by Gasteiger charge is 2.41. The van der Waals surface area contributed by atoms with Crippen LogP contribution < -0.4 is 10.1 Å². The minimum atomic E-state index is -0.615. The van der Waals surface area contributed by atoms with Crippen molar-refractivity contribution in [1.82, 2.24) is 4.98 Å². The summed E-state index contributed by atoms with van der Waals surface area (Å²) in [6, 6.07) is 8.26. The van der Waals surface area contributed by atoms with E-state index < -0.39 is 5.41 Å². The maximum Gasteiger partial charge on any atom is 0.235 e. The van der Waals surface area contributed by atoms with E-state index in [0.717, 1.165) is 56.1 Å². The maximum absolute atomic E-state index is 13.4. The summed E-state index contributed by atoms with van der Waals surface area (Å²) in [5.41, 5.74) is 1.83. The Labute approximate surface area is 166 Å². The molecular weight excluding hydrogens is 355 g/mol. The first kappa shape index (κ1) is 20.3. The first-order chi connectivity index (χ1) is 13.5. The molecule has 3 rings (SSSR count). The predicted octanol–water partition coefficient (Wildman–Crippen LogP) is 5.55. The molecule has 0 saturated heterocycles. The van der Waals surface area contributed by atoms with Gasteiger partial charge in [0.2, 0.25) is 11.8 Å². The van der Waals surface area contributed by atoms with Crippen molar-refractivity contribution in [2.45, 2.75) is 64.2 Å². The van der Waals surface area contributed by atoms with Gasteiger partial charge in [0.05, 0.1) is 23.9 Å². The fourth-order valence-corrected chi connectivity index (χ4v) is 3.92. The van der Waals surface area contributed by atoms with E-state index in [2.05, 4.69) is 17.2 Å². The van der Waals surface area contributed by atoms with E-state index >= 15 is 0 Å². The molecule has 28 heavy (non-hydrogen) atoms. The topological polar surface area (TPSA) is 51.2 Å². The van der Waals surface area contributed by atoms with Gasteiger partial charge in [-0.25, -0.2) is 9.37 Å². The first-order valence-electron chi connectivity index (χ1n) is 10.2. The van der Waals surface area contributed by atoms with Gasteiger partial charge in [0.25, 0.3) is 0 Å². The molecule has 1 aliphatic rings. The SMILES string of the molecule is CCCCOc1ncc(NC(=O)C2(c3ccc(F)cc3)CCCCC2)cc1C. The number of nitrogens with one attached hydrogen (secondary N) is 1. The molecule has 0 bridgehead atoms. The Bertz CT molecular complexity index is 799. The van der Waals surface area contributed by atoms with E-state index in [1.807, 2.05) is 13.0 Å². The normalized spacial score (nSPS) is 15.8. The largest absolute Gasteiger partial charge is 0.477 e. The minimum Gasteiger partial charge on any atom is -0.477 e. The molecule has 0 unspecified atom stereocenters. The minimum absolute atomic E-state index is 0.0420. The van der Waals surface area contributed by atoms with Gasteiger partial charge in [-0.3, -0.25) is 4.79 Å². The number of carbonyl (C=O) groups excluding carboxylic acids is 1. The number of unbranched alkanes of at least 4 members (excludes halogenated alkanes) is 1. The standard InChI is InChI=1S/C23H29FN2O2/c1-3-4-14-28-21-17(2)15-20(16-25-21)26-22(27)23(12-6-5-7-13-23)18-8-10-19(24)11-9-18/h8-11,15-16H,3-7,12-14H2,1-2H3,(H,26,27). The van der Waals surface area contributed by atoms with E-state index in [1.165, 1.54) is 12.1 Å². The third kappa shape index (κ3) is 4.51. The van der Waals surface area contributed by atoms with Crippen molar-refractivity contribution < 1.29 is 13.9 Å². The Kier molecular flexibility index (Phi) is 6.65. The van der Waals surface area contributed by atoms with E-state index in [0.29, 0.717) is 18.2 Å². The molecule has 5 heteroatoms. The smallest absolute Gasteiger partial charge is 0.235 e. The summed E-state index contributed by atoms with van der Waals surface area (Å²) >= 11 is 0. The molecular formula is C23H29FN2O2. The van der Waals surface area contributed by atoms with Gasteiger partial charge in [-0.2, -0.15) is 0 Å². The highest BCUT2D eigenvalue weighted by Crippen LogP contribution is 2.40. The third-order valence-corrected chi connectivity index (χ3v) is 5.56. The van der Waals surface area contributed by atoms with Gasteiger partial charge in [0.15, 0.2) is 0 Å².